The molecule has 3 rings (SSSR count). The van der Waals surface area contributed by atoms with Crippen LogP contribution < -0.4 is 0 Å². The third-order valence-corrected chi connectivity index (χ3v) is 5.23. The van der Waals surface area contributed by atoms with E-state index >= 15 is 0 Å². The Balaban J connectivity index is 1.73. The third-order valence-electron chi connectivity index (χ3n) is 5.23. The van der Waals surface area contributed by atoms with Gasteiger partial charge < -0.3 is 9.64 Å². The Morgan fingerprint density at radius 2 is 1.90 bits per heavy atom. The van der Waals surface area contributed by atoms with Crippen LogP contribution in [-0.4, -0.2) is 41.3 Å². The molecule has 2 heterocycles. The molecule has 0 bridgehead atoms. The number of ether oxygens (including phenoxy) is 1. The molecule has 3 fully saturated rings. The molecule has 5 nitrogen and oxygen atoms in total. The number of hydrogen-bond acceptors (Lipinski definition) is 4. The molecule has 2 aliphatic heterocycles. The van der Waals surface area contributed by atoms with Crippen LogP contribution in [0.2, 0.25) is 0 Å². The number of ketones is 1. The van der Waals surface area contributed by atoms with Crippen molar-refractivity contribution < 1.29 is 19.1 Å². The van der Waals surface area contributed by atoms with E-state index in [1.165, 1.54) is 0 Å². The van der Waals surface area contributed by atoms with Crippen molar-refractivity contribution in [3.63, 3.8) is 0 Å². The molecular formula is C16H23NO4. The largest absolute Gasteiger partial charge is 0.458 e. The molecule has 1 atom stereocenters. The standard InChI is InChI=1S/C16H23NO4/c18-13-10-15(20)21-16(11-13,12-4-1-2-5-12)7-9-17-8-3-6-14(17)19/h12H,1-11H2. The first-order valence-electron chi connectivity index (χ1n) is 8.10. The molecule has 1 saturated carbocycles. The van der Waals surface area contributed by atoms with Crippen LogP contribution in [0.5, 0.6) is 0 Å². The van der Waals surface area contributed by atoms with Crippen LogP contribution in [0.25, 0.3) is 0 Å². The minimum Gasteiger partial charge on any atom is -0.458 e. The highest BCUT2D eigenvalue weighted by Crippen LogP contribution is 2.43. The molecular weight excluding hydrogens is 270 g/mol. The fourth-order valence-electron chi connectivity index (χ4n) is 4.14. The van der Waals surface area contributed by atoms with Gasteiger partial charge in [-0.15, -0.1) is 0 Å². The van der Waals surface area contributed by atoms with Crippen molar-refractivity contribution in [2.45, 2.75) is 63.4 Å². The summed E-state index contributed by atoms with van der Waals surface area (Å²) in [6, 6.07) is 0. The zero-order chi connectivity index (χ0) is 14.9. The topological polar surface area (TPSA) is 63.7 Å². The maximum absolute atomic E-state index is 11.9. The van der Waals surface area contributed by atoms with Crippen molar-refractivity contribution in [1.29, 1.82) is 0 Å². The number of carbonyl (C=O) groups is 3. The van der Waals surface area contributed by atoms with Gasteiger partial charge in [0.05, 0.1) is 0 Å². The predicted octanol–water partition coefficient (Wildman–Crippen LogP) is 1.83. The maximum atomic E-state index is 11.9. The van der Waals surface area contributed by atoms with Crippen LogP contribution in [0.4, 0.5) is 0 Å². The number of carbonyl (C=O) groups excluding carboxylic acids is 3. The van der Waals surface area contributed by atoms with Gasteiger partial charge >= 0.3 is 5.97 Å². The lowest BCUT2D eigenvalue weighted by Gasteiger charge is -2.41. The van der Waals surface area contributed by atoms with E-state index < -0.39 is 5.60 Å². The Bertz CT molecular complexity index is 437. The highest BCUT2D eigenvalue weighted by Gasteiger charge is 2.48. The first-order chi connectivity index (χ1) is 10.1. The fraction of sp³-hybridized carbons (Fsp3) is 0.812. The molecule has 5 heteroatoms. The highest BCUT2D eigenvalue weighted by molar-refractivity contribution is 5.98. The van der Waals surface area contributed by atoms with E-state index in [-0.39, 0.29) is 30.0 Å². The molecule has 0 radical (unpaired) electrons. The molecule has 116 valence electrons. The van der Waals surface area contributed by atoms with Crippen molar-refractivity contribution >= 4 is 17.7 Å². The van der Waals surface area contributed by atoms with E-state index in [9.17, 15) is 14.4 Å². The van der Waals surface area contributed by atoms with Crippen molar-refractivity contribution in [3.8, 4) is 0 Å². The van der Waals surface area contributed by atoms with Crippen LogP contribution in [-0.2, 0) is 19.1 Å². The second-order valence-corrected chi connectivity index (χ2v) is 6.65. The number of amides is 1. The van der Waals surface area contributed by atoms with Gasteiger partial charge in [-0.25, -0.2) is 0 Å². The van der Waals surface area contributed by atoms with Crippen molar-refractivity contribution in [1.82, 2.24) is 4.90 Å². The number of cyclic esters (lactones) is 1. The van der Waals surface area contributed by atoms with E-state index in [1.54, 1.807) is 0 Å². The minimum absolute atomic E-state index is 0.00843. The second-order valence-electron chi connectivity index (χ2n) is 6.65. The molecule has 1 amide bonds. The number of Topliss-reactive ketones (excluding diaryl/α,β-unsaturated/α-hetero) is 1. The second kappa shape index (κ2) is 5.78. The molecule has 3 aliphatic rings. The lowest BCUT2D eigenvalue weighted by molar-refractivity contribution is -0.179. The van der Waals surface area contributed by atoms with Gasteiger partial charge in [0.2, 0.25) is 5.91 Å². The predicted molar refractivity (Wildman–Crippen MR) is 75.5 cm³/mol. The number of nitrogens with zero attached hydrogens (tertiary/aromatic N) is 1. The molecule has 1 unspecified atom stereocenters. The monoisotopic (exact) mass is 293 g/mol. The summed E-state index contributed by atoms with van der Waals surface area (Å²) in [5.41, 5.74) is -0.647. The number of likely N-dealkylation sites (tertiary alicyclic amines) is 1. The fourth-order valence-corrected chi connectivity index (χ4v) is 4.14. The molecule has 0 spiro atoms. The van der Waals surface area contributed by atoms with Gasteiger partial charge in [-0.05, 0) is 25.2 Å². The molecule has 0 aromatic rings. The SMILES string of the molecule is O=C1CC(=O)OC(CCN2CCCC2=O)(C2CCCC2)C1. The van der Waals surface area contributed by atoms with Gasteiger partial charge in [-0.3, -0.25) is 14.4 Å². The zero-order valence-electron chi connectivity index (χ0n) is 12.4. The Labute approximate surface area is 125 Å². The average Bonchev–Trinajstić information content (AvgIpc) is 3.07. The zero-order valence-corrected chi connectivity index (χ0v) is 12.4. The molecule has 0 N–H and O–H groups in total. The molecule has 1 aliphatic carbocycles. The van der Waals surface area contributed by atoms with Gasteiger partial charge in [-0.2, -0.15) is 0 Å². The van der Waals surface area contributed by atoms with Crippen LogP contribution in [0, 0.1) is 5.92 Å². The minimum atomic E-state index is -0.647. The number of rotatable bonds is 4. The van der Waals surface area contributed by atoms with Gasteiger partial charge in [0.25, 0.3) is 0 Å². The summed E-state index contributed by atoms with van der Waals surface area (Å²) >= 11 is 0. The van der Waals surface area contributed by atoms with Crippen LogP contribution in [0.15, 0.2) is 0 Å². The first kappa shape index (κ1) is 14.5. The van der Waals surface area contributed by atoms with Gasteiger partial charge in [0.1, 0.15) is 17.8 Å². The quantitative estimate of drug-likeness (QED) is 0.586. The van der Waals surface area contributed by atoms with E-state index in [1.807, 2.05) is 4.90 Å². The van der Waals surface area contributed by atoms with E-state index in [2.05, 4.69) is 0 Å². The summed E-state index contributed by atoms with van der Waals surface area (Å²) in [6.45, 7) is 1.40. The summed E-state index contributed by atoms with van der Waals surface area (Å²) in [6.07, 6.45) is 6.72. The number of hydrogen-bond donors (Lipinski definition) is 0. The Morgan fingerprint density at radius 3 is 2.52 bits per heavy atom. The highest BCUT2D eigenvalue weighted by atomic mass is 16.6. The Kier molecular flexibility index (Phi) is 4.00. The molecule has 21 heavy (non-hydrogen) atoms. The molecule has 2 saturated heterocycles. The first-order valence-corrected chi connectivity index (χ1v) is 8.10. The van der Waals surface area contributed by atoms with E-state index in [4.69, 9.17) is 4.74 Å². The van der Waals surface area contributed by atoms with Gasteiger partial charge in [0.15, 0.2) is 0 Å². The van der Waals surface area contributed by atoms with Gasteiger partial charge in [-0.1, -0.05) is 12.8 Å². The molecule has 0 aromatic heterocycles. The maximum Gasteiger partial charge on any atom is 0.313 e. The average molecular weight is 293 g/mol. The smallest absolute Gasteiger partial charge is 0.313 e. The Hall–Kier alpha value is -1.39. The van der Waals surface area contributed by atoms with E-state index in [0.717, 1.165) is 38.6 Å². The summed E-state index contributed by atoms with van der Waals surface area (Å²) in [4.78, 5) is 37.3. The summed E-state index contributed by atoms with van der Waals surface area (Å²) in [5.74, 6) is 0.0743. The lowest BCUT2D eigenvalue weighted by atomic mass is 9.77. The van der Waals surface area contributed by atoms with Crippen LogP contribution in [0.3, 0.4) is 0 Å². The van der Waals surface area contributed by atoms with Gasteiger partial charge in [0, 0.05) is 32.4 Å². The summed E-state index contributed by atoms with van der Waals surface area (Å²) in [5, 5.41) is 0. The van der Waals surface area contributed by atoms with E-state index in [0.29, 0.717) is 25.8 Å². The Morgan fingerprint density at radius 1 is 1.14 bits per heavy atom. The summed E-state index contributed by atoms with van der Waals surface area (Å²) < 4.78 is 5.73. The number of esters is 1. The van der Waals surface area contributed by atoms with Crippen molar-refractivity contribution in [3.05, 3.63) is 0 Å². The van der Waals surface area contributed by atoms with Crippen LogP contribution >= 0.6 is 0 Å². The van der Waals surface area contributed by atoms with Crippen molar-refractivity contribution in [2.75, 3.05) is 13.1 Å². The normalized spacial score (nSPS) is 31.0. The molecule has 0 aromatic carbocycles. The van der Waals surface area contributed by atoms with Crippen molar-refractivity contribution in [2.24, 2.45) is 5.92 Å². The summed E-state index contributed by atoms with van der Waals surface area (Å²) in [7, 11) is 0. The third kappa shape index (κ3) is 2.97. The van der Waals surface area contributed by atoms with Crippen LogP contribution in [0.1, 0.15) is 57.8 Å². The lowest BCUT2D eigenvalue weighted by Crippen LogP contribution is -2.49.